The van der Waals surface area contributed by atoms with Crippen LogP contribution >= 0.6 is 0 Å². The summed E-state index contributed by atoms with van der Waals surface area (Å²) in [7, 11) is 0. The van der Waals surface area contributed by atoms with E-state index in [1.165, 1.54) is 0 Å². The Labute approximate surface area is 76.9 Å². The summed E-state index contributed by atoms with van der Waals surface area (Å²) in [6.07, 6.45) is 0. The Bertz CT molecular complexity index is 335. The monoisotopic (exact) mass is 176 g/mol. The van der Waals surface area contributed by atoms with E-state index in [9.17, 15) is 4.79 Å². The molecule has 1 amide bonds. The lowest BCUT2D eigenvalue weighted by Crippen LogP contribution is -2.37. The molecular weight excluding hydrogens is 164 g/mol. The second-order valence-electron chi connectivity index (χ2n) is 3.23. The molecule has 1 aliphatic heterocycles. The third-order valence-corrected chi connectivity index (χ3v) is 2.44. The molecule has 0 saturated carbocycles. The molecule has 1 aliphatic rings. The molecule has 1 heterocycles. The van der Waals surface area contributed by atoms with Gasteiger partial charge in [0.05, 0.1) is 0 Å². The summed E-state index contributed by atoms with van der Waals surface area (Å²) < 4.78 is 0. The molecule has 0 fully saturated rings. The summed E-state index contributed by atoms with van der Waals surface area (Å²) in [6.45, 7) is 1.24. The van der Waals surface area contributed by atoms with Crippen LogP contribution in [0, 0.1) is 0 Å². The third-order valence-electron chi connectivity index (χ3n) is 2.44. The number of nitrogens with two attached hydrogens (primary N) is 1. The first-order valence-electron chi connectivity index (χ1n) is 4.40. The molecule has 68 valence electrons. The second-order valence-corrected chi connectivity index (χ2v) is 3.23. The molecule has 2 rings (SSSR count). The first kappa shape index (κ1) is 8.26. The van der Waals surface area contributed by atoms with E-state index in [1.807, 2.05) is 24.3 Å². The van der Waals surface area contributed by atoms with Crippen molar-refractivity contribution in [2.45, 2.75) is 5.92 Å². The highest BCUT2D eigenvalue weighted by molar-refractivity contribution is 5.97. The highest BCUT2D eigenvalue weighted by atomic mass is 16.1. The summed E-state index contributed by atoms with van der Waals surface area (Å²) in [4.78, 5) is 11.4. The van der Waals surface area contributed by atoms with Gasteiger partial charge in [-0.25, -0.2) is 0 Å². The molecule has 1 atom stereocenters. The third kappa shape index (κ3) is 1.31. The van der Waals surface area contributed by atoms with Crippen molar-refractivity contribution in [3.05, 3.63) is 35.4 Å². The van der Waals surface area contributed by atoms with E-state index in [1.54, 1.807) is 0 Å². The molecule has 0 aromatic heterocycles. The van der Waals surface area contributed by atoms with Crippen LogP contribution in [0.5, 0.6) is 0 Å². The summed E-state index contributed by atoms with van der Waals surface area (Å²) in [5.41, 5.74) is 7.46. The van der Waals surface area contributed by atoms with Crippen LogP contribution in [-0.2, 0) is 0 Å². The van der Waals surface area contributed by atoms with Gasteiger partial charge >= 0.3 is 0 Å². The van der Waals surface area contributed by atoms with Crippen LogP contribution in [-0.4, -0.2) is 19.0 Å². The molecule has 0 unspecified atom stereocenters. The Hall–Kier alpha value is -1.35. The summed E-state index contributed by atoms with van der Waals surface area (Å²) in [5.74, 6) is 0.286. The van der Waals surface area contributed by atoms with E-state index in [2.05, 4.69) is 5.32 Å². The number of carbonyl (C=O) groups excluding carboxylic acids is 1. The van der Waals surface area contributed by atoms with E-state index in [4.69, 9.17) is 5.73 Å². The van der Waals surface area contributed by atoms with Crippen molar-refractivity contribution in [1.29, 1.82) is 0 Å². The van der Waals surface area contributed by atoms with Gasteiger partial charge in [-0.2, -0.15) is 0 Å². The van der Waals surface area contributed by atoms with Gasteiger partial charge in [0.25, 0.3) is 5.91 Å². The number of nitrogens with one attached hydrogen (secondary N) is 1. The Morgan fingerprint density at radius 3 is 3.00 bits per heavy atom. The second kappa shape index (κ2) is 3.18. The lowest BCUT2D eigenvalue weighted by Gasteiger charge is -2.24. The molecule has 0 aliphatic carbocycles. The number of hydrogen-bond acceptors (Lipinski definition) is 2. The number of benzene rings is 1. The molecule has 0 spiro atoms. The summed E-state index contributed by atoms with van der Waals surface area (Å²) in [6, 6.07) is 7.63. The van der Waals surface area contributed by atoms with Crippen LogP contribution in [0.25, 0.3) is 0 Å². The van der Waals surface area contributed by atoms with Gasteiger partial charge in [0.1, 0.15) is 0 Å². The van der Waals surface area contributed by atoms with Crippen molar-refractivity contribution < 1.29 is 4.79 Å². The first-order chi connectivity index (χ1) is 6.33. The molecule has 1 aromatic rings. The molecule has 1 aromatic carbocycles. The quantitative estimate of drug-likeness (QED) is 0.653. The normalized spacial score (nSPS) is 20.7. The fourth-order valence-electron chi connectivity index (χ4n) is 1.69. The molecule has 0 radical (unpaired) electrons. The molecule has 3 nitrogen and oxygen atoms in total. The van der Waals surface area contributed by atoms with Gasteiger partial charge in [-0.05, 0) is 11.6 Å². The average Bonchev–Trinajstić information content (AvgIpc) is 2.19. The Morgan fingerprint density at radius 2 is 2.23 bits per heavy atom. The summed E-state index contributed by atoms with van der Waals surface area (Å²) >= 11 is 0. The highest BCUT2D eigenvalue weighted by Gasteiger charge is 2.22. The van der Waals surface area contributed by atoms with Gasteiger partial charge in [-0.3, -0.25) is 4.79 Å². The minimum atomic E-state index is 0.0142. The zero-order valence-corrected chi connectivity index (χ0v) is 7.29. The number of fused-ring (bicyclic) bond motifs is 1. The Kier molecular flexibility index (Phi) is 2.02. The van der Waals surface area contributed by atoms with E-state index in [0.717, 1.165) is 11.1 Å². The van der Waals surface area contributed by atoms with E-state index in [-0.39, 0.29) is 11.8 Å². The van der Waals surface area contributed by atoms with Crippen molar-refractivity contribution in [2.24, 2.45) is 5.73 Å². The van der Waals surface area contributed by atoms with Crippen LogP contribution in [0.15, 0.2) is 24.3 Å². The van der Waals surface area contributed by atoms with Crippen LogP contribution < -0.4 is 11.1 Å². The average molecular weight is 176 g/mol. The number of carbonyl (C=O) groups is 1. The topological polar surface area (TPSA) is 55.1 Å². The zero-order chi connectivity index (χ0) is 9.26. The number of rotatable bonds is 1. The molecular formula is C10H12N2O. The maximum atomic E-state index is 11.4. The smallest absolute Gasteiger partial charge is 0.251 e. The van der Waals surface area contributed by atoms with Gasteiger partial charge in [0.2, 0.25) is 0 Å². The van der Waals surface area contributed by atoms with Gasteiger partial charge in [0.15, 0.2) is 0 Å². The minimum absolute atomic E-state index is 0.0142. The van der Waals surface area contributed by atoms with E-state index < -0.39 is 0 Å². The molecule has 0 bridgehead atoms. The zero-order valence-electron chi connectivity index (χ0n) is 7.29. The lowest BCUT2D eigenvalue weighted by molar-refractivity contribution is 0.0940. The molecule has 3 N–H and O–H groups in total. The van der Waals surface area contributed by atoms with Crippen LogP contribution in [0.1, 0.15) is 21.8 Å². The van der Waals surface area contributed by atoms with Crippen LogP contribution in [0.4, 0.5) is 0 Å². The van der Waals surface area contributed by atoms with Gasteiger partial charge in [-0.15, -0.1) is 0 Å². The van der Waals surface area contributed by atoms with Crippen LogP contribution in [0.3, 0.4) is 0 Å². The first-order valence-corrected chi connectivity index (χ1v) is 4.40. The van der Waals surface area contributed by atoms with Crippen molar-refractivity contribution >= 4 is 5.91 Å². The Balaban J connectivity index is 2.47. The Morgan fingerprint density at radius 1 is 1.46 bits per heavy atom. The number of hydrogen-bond donors (Lipinski definition) is 2. The maximum Gasteiger partial charge on any atom is 0.251 e. The van der Waals surface area contributed by atoms with E-state index >= 15 is 0 Å². The molecule has 13 heavy (non-hydrogen) atoms. The van der Waals surface area contributed by atoms with Crippen molar-refractivity contribution in [1.82, 2.24) is 5.32 Å². The van der Waals surface area contributed by atoms with Gasteiger partial charge in [0, 0.05) is 24.6 Å². The van der Waals surface area contributed by atoms with Crippen LogP contribution in [0.2, 0.25) is 0 Å². The highest BCUT2D eigenvalue weighted by Crippen LogP contribution is 2.22. The predicted octanol–water partition coefficient (Wildman–Crippen LogP) is 0.472. The van der Waals surface area contributed by atoms with Crippen molar-refractivity contribution in [2.75, 3.05) is 13.1 Å². The fraction of sp³-hybridized carbons (Fsp3) is 0.300. The largest absolute Gasteiger partial charge is 0.351 e. The predicted molar refractivity (Wildman–Crippen MR) is 50.6 cm³/mol. The minimum Gasteiger partial charge on any atom is -0.351 e. The molecule has 0 saturated heterocycles. The van der Waals surface area contributed by atoms with Crippen molar-refractivity contribution in [3.63, 3.8) is 0 Å². The lowest BCUT2D eigenvalue weighted by atomic mass is 9.91. The number of amides is 1. The SMILES string of the molecule is NC[C@H]1CNC(=O)c2ccccc21. The van der Waals surface area contributed by atoms with Gasteiger partial charge in [-0.1, -0.05) is 18.2 Å². The maximum absolute atomic E-state index is 11.4. The van der Waals surface area contributed by atoms with E-state index in [0.29, 0.717) is 13.1 Å². The van der Waals surface area contributed by atoms with Crippen molar-refractivity contribution in [3.8, 4) is 0 Å². The standard InChI is InChI=1S/C10H12N2O/c11-5-7-6-12-10(13)9-4-2-1-3-8(7)9/h1-4,7H,5-6,11H2,(H,12,13)/t7-/m0/s1. The fourth-order valence-corrected chi connectivity index (χ4v) is 1.69. The molecule has 3 heteroatoms. The van der Waals surface area contributed by atoms with Gasteiger partial charge < -0.3 is 11.1 Å². The summed E-state index contributed by atoms with van der Waals surface area (Å²) in [5, 5.41) is 2.82.